The van der Waals surface area contributed by atoms with Gasteiger partial charge in [0.15, 0.2) is 0 Å². The Hall–Kier alpha value is -1.55. The van der Waals surface area contributed by atoms with E-state index in [0.717, 1.165) is 11.4 Å². The second-order valence-corrected chi connectivity index (χ2v) is 4.36. The molecule has 0 radical (unpaired) electrons. The van der Waals surface area contributed by atoms with Crippen LogP contribution in [0.5, 0.6) is 0 Å². The van der Waals surface area contributed by atoms with Crippen molar-refractivity contribution in [3.8, 4) is 5.69 Å². The number of rotatable bonds is 2. The molecule has 4 nitrogen and oxygen atoms in total. The molecule has 84 valence electrons. The lowest BCUT2D eigenvalue weighted by molar-refractivity contribution is 0.776. The van der Waals surface area contributed by atoms with E-state index in [1.807, 2.05) is 12.3 Å². The van der Waals surface area contributed by atoms with Crippen LogP contribution in [0, 0.1) is 0 Å². The second-order valence-electron chi connectivity index (χ2n) is 3.95. The Morgan fingerprint density at radius 3 is 2.69 bits per heavy atom. The summed E-state index contributed by atoms with van der Waals surface area (Å²) in [6.07, 6.45) is 1.88. The zero-order valence-electron chi connectivity index (χ0n) is 9.18. The van der Waals surface area contributed by atoms with Crippen LogP contribution in [0.25, 0.3) is 5.69 Å². The maximum Gasteiger partial charge on any atom is 0.0857 e. The van der Waals surface area contributed by atoms with Gasteiger partial charge in [-0.3, -0.25) is 0 Å². The molecule has 0 aliphatic rings. The summed E-state index contributed by atoms with van der Waals surface area (Å²) in [5.74, 6) is 0.348. The van der Waals surface area contributed by atoms with Crippen molar-refractivity contribution >= 4 is 17.3 Å². The van der Waals surface area contributed by atoms with E-state index in [1.54, 1.807) is 16.8 Å². The van der Waals surface area contributed by atoms with Gasteiger partial charge in [-0.05, 0) is 24.1 Å². The number of halogens is 1. The molecule has 0 aliphatic carbocycles. The summed E-state index contributed by atoms with van der Waals surface area (Å²) in [6, 6.07) is 5.32. The van der Waals surface area contributed by atoms with Gasteiger partial charge in [-0.25, -0.2) is 4.68 Å². The third-order valence-corrected chi connectivity index (χ3v) is 2.62. The average Bonchev–Trinajstić information content (AvgIpc) is 2.66. The lowest BCUT2D eigenvalue weighted by atomic mass is 10.2. The van der Waals surface area contributed by atoms with Crippen LogP contribution in [0.3, 0.4) is 0 Å². The fourth-order valence-corrected chi connectivity index (χ4v) is 1.64. The van der Waals surface area contributed by atoms with E-state index in [-0.39, 0.29) is 0 Å². The molecular formula is C11H13ClN4. The van der Waals surface area contributed by atoms with Gasteiger partial charge in [0, 0.05) is 5.69 Å². The molecule has 0 atom stereocenters. The second kappa shape index (κ2) is 4.14. The Morgan fingerprint density at radius 1 is 1.38 bits per heavy atom. The Balaban J connectivity index is 2.42. The first-order valence-electron chi connectivity index (χ1n) is 5.05. The van der Waals surface area contributed by atoms with E-state index in [9.17, 15) is 0 Å². The van der Waals surface area contributed by atoms with Crippen LogP contribution < -0.4 is 5.73 Å². The van der Waals surface area contributed by atoms with Crippen molar-refractivity contribution in [3.05, 3.63) is 35.1 Å². The number of hydrogen-bond donors (Lipinski definition) is 1. The third-order valence-electron chi connectivity index (χ3n) is 2.32. The number of nitrogens with two attached hydrogens (primary N) is 1. The van der Waals surface area contributed by atoms with Crippen molar-refractivity contribution in [1.29, 1.82) is 0 Å². The van der Waals surface area contributed by atoms with Crippen LogP contribution in [-0.4, -0.2) is 15.0 Å². The zero-order chi connectivity index (χ0) is 11.7. The quantitative estimate of drug-likeness (QED) is 0.816. The number of anilines is 1. The first-order chi connectivity index (χ1) is 7.58. The van der Waals surface area contributed by atoms with E-state index in [0.29, 0.717) is 16.6 Å². The SMILES string of the molecule is CC(C)c1cn(-c2ccc(N)cc2Cl)nn1. The molecule has 1 heterocycles. The molecule has 2 N–H and O–H groups in total. The van der Waals surface area contributed by atoms with Crippen molar-refractivity contribution in [2.45, 2.75) is 19.8 Å². The van der Waals surface area contributed by atoms with Gasteiger partial charge in [-0.15, -0.1) is 5.10 Å². The van der Waals surface area contributed by atoms with Crippen LogP contribution in [-0.2, 0) is 0 Å². The van der Waals surface area contributed by atoms with Crippen LogP contribution in [0.2, 0.25) is 5.02 Å². The molecule has 1 aromatic carbocycles. The minimum Gasteiger partial charge on any atom is -0.399 e. The molecule has 0 amide bonds. The van der Waals surface area contributed by atoms with Crippen molar-refractivity contribution in [3.63, 3.8) is 0 Å². The topological polar surface area (TPSA) is 56.7 Å². The lowest BCUT2D eigenvalue weighted by Crippen LogP contribution is -1.97. The maximum atomic E-state index is 6.08. The highest BCUT2D eigenvalue weighted by molar-refractivity contribution is 6.32. The highest BCUT2D eigenvalue weighted by atomic mass is 35.5. The monoisotopic (exact) mass is 236 g/mol. The summed E-state index contributed by atoms with van der Waals surface area (Å²) in [6.45, 7) is 4.14. The summed E-state index contributed by atoms with van der Waals surface area (Å²) in [5, 5.41) is 8.69. The first kappa shape index (κ1) is 11.0. The Labute approximate surface area is 99.0 Å². The molecule has 1 aromatic heterocycles. The molecule has 2 aromatic rings. The van der Waals surface area contributed by atoms with Crippen LogP contribution >= 0.6 is 11.6 Å². The summed E-state index contributed by atoms with van der Waals surface area (Å²) >= 11 is 6.08. The van der Waals surface area contributed by atoms with Gasteiger partial charge in [-0.2, -0.15) is 0 Å². The molecule has 0 fully saturated rings. The largest absolute Gasteiger partial charge is 0.399 e. The smallest absolute Gasteiger partial charge is 0.0857 e. The Morgan fingerprint density at radius 2 is 2.12 bits per heavy atom. The van der Waals surface area contributed by atoms with Gasteiger partial charge in [0.05, 0.1) is 22.6 Å². The van der Waals surface area contributed by atoms with Crippen LogP contribution in [0.4, 0.5) is 5.69 Å². The van der Waals surface area contributed by atoms with Gasteiger partial charge in [0.1, 0.15) is 0 Å². The normalized spacial score (nSPS) is 11.0. The fraction of sp³-hybridized carbons (Fsp3) is 0.273. The molecule has 0 saturated heterocycles. The van der Waals surface area contributed by atoms with Gasteiger partial charge in [0.2, 0.25) is 0 Å². The molecule has 5 heteroatoms. The van der Waals surface area contributed by atoms with E-state index in [1.165, 1.54) is 0 Å². The minimum atomic E-state index is 0.348. The number of aromatic nitrogens is 3. The van der Waals surface area contributed by atoms with Crippen LogP contribution in [0.15, 0.2) is 24.4 Å². The van der Waals surface area contributed by atoms with Crippen LogP contribution in [0.1, 0.15) is 25.5 Å². The third kappa shape index (κ3) is 2.02. The number of nitrogens with zero attached hydrogens (tertiary/aromatic N) is 3. The van der Waals surface area contributed by atoms with Crippen molar-refractivity contribution < 1.29 is 0 Å². The summed E-state index contributed by atoms with van der Waals surface area (Å²) < 4.78 is 1.66. The summed E-state index contributed by atoms with van der Waals surface area (Å²) in [4.78, 5) is 0. The summed E-state index contributed by atoms with van der Waals surface area (Å²) in [7, 11) is 0. The predicted molar refractivity (Wildman–Crippen MR) is 64.9 cm³/mol. The molecule has 2 rings (SSSR count). The summed E-state index contributed by atoms with van der Waals surface area (Å²) in [5.41, 5.74) is 7.99. The number of nitrogen functional groups attached to an aromatic ring is 1. The first-order valence-corrected chi connectivity index (χ1v) is 5.43. The van der Waals surface area contributed by atoms with Crippen molar-refractivity contribution in [2.75, 3.05) is 5.73 Å². The van der Waals surface area contributed by atoms with Crippen molar-refractivity contribution in [2.24, 2.45) is 0 Å². The molecule has 16 heavy (non-hydrogen) atoms. The Bertz CT molecular complexity index is 504. The van der Waals surface area contributed by atoms with E-state index < -0.39 is 0 Å². The zero-order valence-corrected chi connectivity index (χ0v) is 9.94. The fourth-order valence-electron chi connectivity index (χ4n) is 1.37. The molecule has 0 spiro atoms. The molecule has 0 unspecified atom stereocenters. The highest BCUT2D eigenvalue weighted by Gasteiger charge is 2.08. The lowest BCUT2D eigenvalue weighted by Gasteiger charge is -2.03. The maximum absolute atomic E-state index is 6.08. The van der Waals surface area contributed by atoms with E-state index in [2.05, 4.69) is 24.2 Å². The number of hydrogen-bond acceptors (Lipinski definition) is 3. The van der Waals surface area contributed by atoms with Gasteiger partial charge >= 0.3 is 0 Å². The molecular weight excluding hydrogens is 224 g/mol. The van der Waals surface area contributed by atoms with Gasteiger partial charge < -0.3 is 5.73 Å². The number of benzene rings is 1. The molecule has 0 saturated carbocycles. The molecule has 0 bridgehead atoms. The van der Waals surface area contributed by atoms with Crippen molar-refractivity contribution in [1.82, 2.24) is 15.0 Å². The molecule has 0 aliphatic heterocycles. The minimum absolute atomic E-state index is 0.348. The standard InChI is InChI=1S/C11H13ClN4/c1-7(2)10-6-16(15-14-10)11-4-3-8(13)5-9(11)12/h3-7H,13H2,1-2H3. The highest BCUT2D eigenvalue weighted by Crippen LogP contribution is 2.23. The average molecular weight is 237 g/mol. The van der Waals surface area contributed by atoms with E-state index >= 15 is 0 Å². The van der Waals surface area contributed by atoms with E-state index in [4.69, 9.17) is 17.3 Å². The van der Waals surface area contributed by atoms with Gasteiger partial charge in [0.25, 0.3) is 0 Å². The van der Waals surface area contributed by atoms with Gasteiger partial charge in [-0.1, -0.05) is 30.7 Å². The Kier molecular flexibility index (Phi) is 2.83. The predicted octanol–water partition coefficient (Wildman–Crippen LogP) is 2.63.